The zero-order valence-electron chi connectivity index (χ0n) is 42.6. The average molecular weight is 1320 g/mol. The molecule has 2 aliphatic carbocycles. The maximum absolute atomic E-state index is 9.19. The summed E-state index contributed by atoms with van der Waals surface area (Å²) in [7, 11) is 14.8. The fraction of sp³-hybridized carbons (Fsp3) is 0.538. The van der Waals surface area contributed by atoms with Crippen LogP contribution in [0.25, 0.3) is 39.0 Å². The third-order valence-electron chi connectivity index (χ3n) is 11.0. The summed E-state index contributed by atoms with van der Waals surface area (Å²) in [4.78, 5) is 13.8. The molecule has 2 nitrogen and oxygen atoms in total. The molecule has 0 radical (unpaired) electrons. The van der Waals surface area contributed by atoms with E-state index in [-0.39, 0.29) is 43.8 Å². The molecule has 2 N–H and O–H groups in total. The van der Waals surface area contributed by atoms with Crippen molar-refractivity contribution in [1.82, 2.24) is 0 Å². The molecule has 6 aromatic heterocycles. The molecule has 384 valence electrons. The minimum Gasteiger partial charge on any atom is -0.390 e. The lowest BCUT2D eigenvalue weighted by molar-refractivity contribution is -0.0244. The zero-order valence-corrected chi connectivity index (χ0v) is 56.4. The van der Waals surface area contributed by atoms with Crippen molar-refractivity contribution in [3.8, 4) is 39.0 Å². The van der Waals surface area contributed by atoms with Crippen molar-refractivity contribution in [2.24, 2.45) is 0 Å². The van der Waals surface area contributed by atoms with E-state index in [1.807, 2.05) is 73.0 Å². The first kappa shape index (κ1) is 64.6. The molecule has 0 unspecified atom stereocenters. The molecule has 0 aliphatic heterocycles. The second kappa shape index (κ2) is 24.8. The Morgan fingerprint density at radius 3 is 1.17 bits per heavy atom. The minimum atomic E-state index is -1.72. The van der Waals surface area contributed by atoms with E-state index < -0.39 is 22.6 Å². The summed E-state index contributed by atoms with van der Waals surface area (Å²) in [6, 6.07) is 18.1. The first-order valence-corrected chi connectivity index (χ1v) is 35.0. The van der Waals surface area contributed by atoms with Gasteiger partial charge in [0.05, 0.1) is 21.0 Å². The van der Waals surface area contributed by atoms with Crippen LogP contribution >= 0.6 is 166 Å². The fourth-order valence-corrected chi connectivity index (χ4v) is 19.3. The van der Waals surface area contributed by atoms with Gasteiger partial charge in [0.2, 0.25) is 0 Å². The lowest BCUT2D eigenvalue weighted by Gasteiger charge is -2.26. The standard InChI is InChI=1S/C26H31BrS3.C12H7BrS3.C7H14Cl2.C7H16O2.Al.4ClH/c1-23(2)12-25(5,6)21-14(23)9-17(29-21)18-11-16(27)20(28-18)19-10-15-22(30-19)26(7,8)13-24(15,3)4;13-8-7-11(9-3-1-5-14-9)16-12(8)10-4-2-6-15-10;2*1-6(2,8)5-7(3,4)9;;;;;/h9-11H,12-13H2,1-8H3;1-7H;5H2,1-4H3;8-9H,5H2,1-4H3;;4*1H/q;;;;+3;;;;/p-3. The maximum Gasteiger partial charge on any atom is 0.643 e. The van der Waals surface area contributed by atoms with E-state index in [0.717, 1.165) is 6.42 Å². The van der Waals surface area contributed by atoms with Crippen molar-refractivity contribution >= 4 is 177 Å². The van der Waals surface area contributed by atoms with E-state index in [1.165, 1.54) is 60.8 Å². The Hall–Kier alpha value is 1.35. The Labute approximate surface area is 488 Å². The van der Waals surface area contributed by atoms with Crippen LogP contribution in [-0.2, 0) is 21.7 Å². The SMILES string of the molecule is Brc1cc(-c2cccs2)sc1-c1cccs1.CC(C)(Cl)CC(C)(C)Cl.CC(C)(O)CC(C)(C)O.CC1(C)CC(C)(C)c2sc(-c3cc(Br)c(-c4cc5c(s4)C(C)(C)CC5(C)C)s3)cc21.Cl.[Cl][Al]([Cl])[Cl]. The number of hydrogen-bond acceptors (Lipinski definition) is 8. The predicted molar refractivity (Wildman–Crippen MR) is 331 cm³/mol. The largest absolute Gasteiger partial charge is 0.643 e. The number of hydrogen-bond donors (Lipinski definition) is 2. The third kappa shape index (κ3) is 19.4. The number of fused-ring (bicyclic) bond motifs is 2. The van der Waals surface area contributed by atoms with E-state index in [2.05, 4.69) is 147 Å². The highest BCUT2D eigenvalue weighted by Crippen LogP contribution is 2.58. The van der Waals surface area contributed by atoms with Gasteiger partial charge in [-0.05, 0) is 176 Å². The van der Waals surface area contributed by atoms with Gasteiger partial charge in [0.25, 0.3) is 0 Å². The molecule has 8 rings (SSSR count). The molecule has 0 aromatic carbocycles. The van der Waals surface area contributed by atoms with Gasteiger partial charge in [0, 0.05) is 75.0 Å². The molecule has 0 atom stereocenters. The van der Waals surface area contributed by atoms with Gasteiger partial charge in [-0.15, -0.1) is 104 Å². The van der Waals surface area contributed by atoms with Crippen molar-refractivity contribution < 1.29 is 10.2 Å². The molecule has 0 spiro atoms. The summed E-state index contributed by atoms with van der Waals surface area (Å²) in [6.07, 6.45) is 3.71. The van der Waals surface area contributed by atoms with Crippen LogP contribution in [0.1, 0.15) is 157 Å². The molecular formula is C52H69AlBr2Cl6O2S6. The lowest BCUT2D eigenvalue weighted by atomic mass is 9.82. The Morgan fingerprint density at radius 1 is 0.522 bits per heavy atom. The first-order chi connectivity index (χ1) is 30.7. The van der Waals surface area contributed by atoms with Gasteiger partial charge in [-0.2, -0.15) is 0 Å². The third-order valence-corrected chi connectivity index (χ3v) is 20.8. The van der Waals surface area contributed by atoms with Crippen LogP contribution in [-0.4, -0.2) is 42.5 Å². The van der Waals surface area contributed by atoms with Crippen LogP contribution in [0.2, 0.25) is 0 Å². The minimum absolute atomic E-state index is 0. The smallest absolute Gasteiger partial charge is 0.390 e. The molecule has 6 heterocycles. The van der Waals surface area contributed by atoms with Gasteiger partial charge in [0.1, 0.15) is 0 Å². The molecular weight excluding hydrogens is 1250 g/mol. The van der Waals surface area contributed by atoms with Crippen LogP contribution in [0.4, 0.5) is 0 Å². The van der Waals surface area contributed by atoms with Crippen molar-refractivity contribution in [3.05, 3.63) is 89.1 Å². The normalized spacial score (nSPS) is 16.2. The summed E-state index contributed by atoms with van der Waals surface area (Å²) in [5.74, 6) is 0. The Kier molecular flexibility index (Phi) is 23.2. The quantitative estimate of drug-likeness (QED) is 0.118. The molecule has 69 heavy (non-hydrogen) atoms. The van der Waals surface area contributed by atoms with Crippen LogP contribution in [0.5, 0.6) is 0 Å². The maximum atomic E-state index is 9.19. The van der Waals surface area contributed by atoms with Gasteiger partial charge in [-0.1, -0.05) is 67.5 Å². The van der Waals surface area contributed by atoms with Crippen molar-refractivity contribution in [2.75, 3.05) is 0 Å². The Bertz CT molecular complexity index is 2420. The highest BCUT2D eigenvalue weighted by molar-refractivity contribution is 9.11. The summed E-state index contributed by atoms with van der Waals surface area (Å²) in [5, 5.41) is 22.6. The lowest BCUT2D eigenvalue weighted by Crippen LogP contribution is -2.32. The second-order valence-electron chi connectivity index (χ2n) is 22.8. The topological polar surface area (TPSA) is 40.5 Å². The number of rotatable bonds is 8. The van der Waals surface area contributed by atoms with Crippen molar-refractivity contribution in [3.63, 3.8) is 0 Å². The highest BCUT2D eigenvalue weighted by Gasteiger charge is 2.45. The molecule has 0 saturated heterocycles. The summed E-state index contributed by atoms with van der Waals surface area (Å²) >= 11 is 29.1. The number of thiophene rings is 6. The summed E-state index contributed by atoms with van der Waals surface area (Å²) in [5.41, 5.74) is 2.70. The fourth-order valence-electron chi connectivity index (χ4n) is 9.79. The van der Waals surface area contributed by atoms with Gasteiger partial charge in [-0.3, -0.25) is 0 Å². The van der Waals surface area contributed by atoms with E-state index in [9.17, 15) is 10.2 Å². The second-order valence-corrected chi connectivity index (χ2v) is 39.1. The van der Waals surface area contributed by atoms with Crippen LogP contribution in [0, 0.1) is 0 Å². The molecule has 0 bridgehead atoms. The average Bonchev–Trinajstić information content (AvgIpc) is 3.96. The Morgan fingerprint density at radius 2 is 0.855 bits per heavy atom. The van der Waals surface area contributed by atoms with Crippen molar-refractivity contribution in [2.45, 2.75) is 179 Å². The van der Waals surface area contributed by atoms with E-state index in [4.69, 9.17) is 53.3 Å². The summed E-state index contributed by atoms with van der Waals surface area (Å²) in [6.45, 7) is 33.9. The monoisotopic (exact) mass is 1310 g/mol. The van der Waals surface area contributed by atoms with Crippen LogP contribution < -0.4 is 0 Å². The van der Waals surface area contributed by atoms with Gasteiger partial charge in [-0.25, -0.2) is 30.1 Å². The van der Waals surface area contributed by atoms with E-state index >= 15 is 0 Å². The molecule has 0 fully saturated rings. The number of aliphatic hydroxyl groups is 2. The van der Waals surface area contributed by atoms with Crippen LogP contribution in [0.15, 0.2) is 68.2 Å². The van der Waals surface area contributed by atoms with E-state index in [1.54, 1.807) is 71.2 Å². The van der Waals surface area contributed by atoms with Crippen molar-refractivity contribution in [1.29, 1.82) is 0 Å². The Balaban J connectivity index is 0.000000271. The van der Waals surface area contributed by atoms with E-state index in [0.29, 0.717) is 6.42 Å². The zero-order chi connectivity index (χ0) is 51.8. The van der Waals surface area contributed by atoms with Gasteiger partial charge in [0.15, 0.2) is 0 Å². The van der Waals surface area contributed by atoms with Gasteiger partial charge >= 0.3 is 11.4 Å². The molecule has 0 saturated carbocycles. The number of alkyl halides is 2. The van der Waals surface area contributed by atoms with Crippen LogP contribution in [0.3, 0.4) is 0 Å². The molecule has 2 aliphatic rings. The molecule has 6 aromatic rings. The van der Waals surface area contributed by atoms with Gasteiger partial charge < -0.3 is 10.2 Å². The summed E-state index contributed by atoms with van der Waals surface area (Å²) < 4.78 is 2.44. The predicted octanol–water partition coefficient (Wildman–Crippen LogP) is 22.3. The highest BCUT2D eigenvalue weighted by atomic mass is 79.9. The number of halogens is 8. The molecule has 17 heteroatoms. The molecule has 0 amide bonds. The first-order valence-electron chi connectivity index (χ1n) is 22.4.